The van der Waals surface area contributed by atoms with Gasteiger partial charge >= 0.3 is 6.18 Å². The standard InChI is InChI=1S/C18H22F3N5O.HI/c1-22-17(23-9-13-3-5-15(6-4-13)18(19,20)21)26-7-8-27-16(12-26)14-10-24-25(2)11-14;/h3-6,10-11,16H,7-9,12H2,1-2H3,(H,22,23);1H. The van der Waals surface area contributed by atoms with Crippen molar-refractivity contribution in [1.82, 2.24) is 20.0 Å². The summed E-state index contributed by atoms with van der Waals surface area (Å²) in [6.45, 7) is 2.25. The Hall–Kier alpha value is -1.82. The van der Waals surface area contributed by atoms with E-state index in [1.165, 1.54) is 12.1 Å². The van der Waals surface area contributed by atoms with Crippen LogP contribution in [0.25, 0.3) is 0 Å². The molecule has 0 bridgehead atoms. The van der Waals surface area contributed by atoms with Gasteiger partial charge in [0.15, 0.2) is 5.96 Å². The molecule has 28 heavy (non-hydrogen) atoms. The molecule has 3 rings (SSSR count). The van der Waals surface area contributed by atoms with Gasteiger partial charge in [-0.05, 0) is 17.7 Å². The van der Waals surface area contributed by atoms with Crippen LogP contribution in [0.3, 0.4) is 0 Å². The van der Waals surface area contributed by atoms with Crippen LogP contribution in [0.15, 0.2) is 41.7 Å². The number of ether oxygens (including phenoxy) is 1. The predicted octanol–water partition coefficient (Wildman–Crippen LogP) is 3.21. The van der Waals surface area contributed by atoms with E-state index in [0.717, 1.165) is 23.3 Å². The number of benzene rings is 1. The highest BCUT2D eigenvalue weighted by Crippen LogP contribution is 2.29. The molecule has 10 heteroatoms. The number of aliphatic imine (C=N–C) groups is 1. The number of halogens is 4. The van der Waals surface area contributed by atoms with Crippen molar-refractivity contribution < 1.29 is 17.9 Å². The highest BCUT2D eigenvalue weighted by Gasteiger charge is 2.30. The average Bonchev–Trinajstić information content (AvgIpc) is 3.09. The van der Waals surface area contributed by atoms with Gasteiger partial charge in [0, 0.05) is 38.9 Å². The quantitative estimate of drug-likeness (QED) is 0.393. The lowest BCUT2D eigenvalue weighted by atomic mass is 10.1. The van der Waals surface area contributed by atoms with Gasteiger partial charge in [0.05, 0.1) is 24.9 Å². The van der Waals surface area contributed by atoms with Crippen LogP contribution in [-0.4, -0.2) is 47.4 Å². The topological polar surface area (TPSA) is 54.7 Å². The number of nitrogens with one attached hydrogen (secondary N) is 1. The molecule has 154 valence electrons. The number of alkyl halides is 3. The summed E-state index contributed by atoms with van der Waals surface area (Å²) in [7, 11) is 3.54. The molecule has 0 radical (unpaired) electrons. The minimum Gasteiger partial charge on any atom is -0.370 e. The summed E-state index contributed by atoms with van der Waals surface area (Å²) in [5, 5.41) is 7.38. The van der Waals surface area contributed by atoms with Crippen molar-refractivity contribution in [3.05, 3.63) is 53.3 Å². The van der Waals surface area contributed by atoms with Gasteiger partial charge in [0.25, 0.3) is 0 Å². The van der Waals surface area contributed by atoms with Gasteiger partial charge in [-0.3, -0.25) is 9.67 Å². The first-order valence-corrected chi connectivity index (χ1v) is 8.58. The highest BCUT2D eigenvalue weighted by atomic mass is 127. The lowest BCUT2D eigenvalue weighted by molar-refractivity contribution is -0.137. The maximum Gasteiger partial charge on any atom is 0.416 e. The van der Waals surface area contributed by atoms with Crippen LogP contribution in [-0.2, 0) is 24.5 Å². The fourth-order valence-electron chi connectivity index (χ4n) is 2.97. The second-order valence-electron chi connectivity index (χ2n) is 6.35. The number of guanidine groups is 1. The van der Waals surface area contributed by atoms with Crippen molar-refractivity contribution in [1.29, 1.82) is 0 Å². The van der Waals surface area contributed by atoms with E-state index >= 15 is 0 Å². The van der Waals surface area contributed by atoms with Crippen molar-refractivity contribution in [3.63, 3.8) is 0 Å². The molecule has 1 unspecified atom stereocenters. The van der Waals surface area contributed by atoms with Crippen LogP contribution in [0.4, 0.5) is 13.2 Å². The molecule has 1 fully saturated rings. The lowest BCUT2D eigenvalue weighted by Crippen LogP contribution is -2.47. The first-order valence-electron chi connectivity index (χ1n) is 8.58. The molecule has 2 heterocycles. The van der Waals surface area contributed by atoms with E-state index in [2.05, 4.69) is 20.3 Å². The van der Waals surface area contributed by atoms with E-state index in [1.54, 1.807) is 17.9 Å². The Morgan fingerprint density at radius 3 is 2.61 bits per heavy atom. The Morgan fingerprint density at radius 1 is 1.32 bits per heavy atom. The number of nitrogens with zero attached hydrogens (tertiary/aromatic N) is 4. The van der Waals surface area contributed by atoms with Crippen LogP contribution in [0.1, 0.15) is 22.8 Å². The first-order chi connectivity index (χ1) is 12.9. The van der Waals surface area contributed by atoms with E-state index in [4.69, 9.17) is 4.74 Å². The summed E-state index contributed by atoms with van der Waals surface area (Å²) >= 11 is 0. The molecule has 1 saturated heterocycles. The molecule has 6 nitrogen and oxygen atoms in total. The molecule has 0 spiro atoms. The molecule has 1 N–H and O–H groups in total. The minimum atomic E-state index is -4.32. The molecule has 1 aliphatic heterocycles. The zero-order valence-electron chi connectivity index (χ0n) is 15.6. The van der Waals surface area contributed by atoms with Crippen LogP contribution in [0.5, 0.6) is 0 Å². The molecule has 1 aromatic carbocycles. The van der Waals surface area contributed by atoms with Crippen molar-refractivity contribution in [3.8, 4) is 0 Å². The smallest absolute Gasteiger partial charge is 0.370 e. The van der Waals surface area contributed by atoms with Gasteiger partial charge in [-0.25, -0.2) is 0 Å². The summed E-state index contributed by atoms with van der Waals surface area (Å²) in [5.74, 6) is 0.687. The number of morpholine rings is 1. The molecule has 1 aromatic heterocycles. The minimum absolute atomic E-state index is 0. The maximum absolute atomic E-state index is 12.7. The van der Waals surface area contributed by atoms with E-state index in [1.807, 2.05) is 13.2 Å². The molecular weight excluding hydrogens is 486 g/mol. The Labute approximate surface area is 178 Å². The molecule has 1 aliphatic rings. The van der Waals surface area contributed by atoms with Gasteiger partial charge in [-0.15, -0.1) is 24.0 Å². The summed E-state index contributed by atoms with van der Waals surface area (Å²) in [6, 6.07) is 5.13. The van der Waals surface area contributed by atoms with Gasteiger partial charge in [0.2, 0.25) is 0 Å². The van der Waals surface area contributed by atoms with E-state index in [0.29, 0.717) is 32.2 Å². The number of hydrogen-bond acceptors (Lipinski definition) is 3. The second kappa shape index (κ2) is 9.59. The summed E-state index contributed by atoms with van der Waals surface area (Å²) < 4.78 is 45.5. The van der Waals surface area contributed by atoms with Gasteiger partial charge in [-0.2, -0.15) is 18.3 Å². The normalized spacial score (nSPS) is 18.0. The van der Waals surface area contributed by atoms with Gasteiger partial charge in [0.1, 0.15) is 6.10 Å². The lowest BCUT2D eigenvalue weighted by Gasteiger charge is -2.34. The van der Waals surface area contributed by atoms with Gasteiger partial charge in [-0.1, -0.05) is 12.1 Å². The first kappa shape index (κ1) is 22.5. The van der Waals surface area contributed by atoms with Crippen LogP contribution >= 0.6 is 24.0 Å². The number of rotatable bonds is 3. The third-order valence-corrected chi connectivity index (χ3v) is 4.41. The second-order valence-corrected chi connectivity index (χ2v) is 6.35. The van der Waals surface area contributed by atoms with Crippen LogP contribution < -0.4 is 5.32 Å². The number of aryl methyl sites for hydroxylation is 1. The SMILES string of the molecule is CN=C(NCc1ccc(C(F)(F)F)cc1)N1CCOC(c2cnn(C)c2)C1.I. The van der Waals surface area contributed by atoms with Crippen LogP contribution in [0.2, 0.25) is 0 Å². The highest BCUT2D eigenvalue weighted by molar-refractivity contribution is 14.0. The molecular formula is C18H23F3IN5O. The molecule has 0 aliphatic carbocycles. The Morgan fingerprint density at radius 2 is 2.04 bits per heavy atom. The summed E-state index contributed by atoms with van der Waals surface area (Å²) in [6.07, 6.45) is -0.715. The fraction of sp³-hybridized carbons (Fsp3) is 0.444. The number of aromatic nitrogens is 2. The van der Waals surface area contributed by atoms with Crippen LogP contribution in [0, 0.1) is 0 Å². The number of hydrogen-bond donors (Lipinski definition) is 1. The summed E-state index contributed by atoms with van der Waals surface area (Å²) in [5.41, 5.74) is 1.10. The molecule has 2 aromatic rings. The molecule has 0 saturated carbocycles. The zero-order valence-corrected chi connectivity index (χ0v) is 17.9. The monoisotopic (exact) mass is 509 g/mol. The predicted molar refractivity (Wildman–Crippen MR) is 111 cm³/mol. The largest absolute Gasteiger partial charge is 0.416 e. The Balaban J connectivity index is 0.00000280. The third-order valence-electron chi connectivity index (χ3n) is 4.41. The van der Waals surface area contributed by atoms with Gasteiger partial charge < -0.3 is 15.0 Å². The van der Waals surface area contributed by atoms with Crippen molar-refractivity contribution in [2.45, 2.75) is 18.8 Å². The molecule has 1 atom stereocenters. The third kappa shape index (κ3) is 5.60. The fourth-order valence-corrected chi connectivity index (χ4v) is 2.97. The molecule has 0 amide bonds. The van der Waals surface area contributed by atoms with Crippen molar-refractivity contribution in [2.24, 2.45) is 12.0 Å². The van der Waals surface area contributed by atoms with E-state index in [9.17, 15) is 13.2 Å². The van der Waals surface area contributed by atoms with E-state index < -0.39 is 11.7 Å². The summed E-state index contributed by atoms with van der Waals surface area (Å²) in [4.78, 5) is 6.37. The zero-order chi connectivity index (χ0) is 19.4. The maximum atomic E-state index is 12.7. The van der Waals surface area contributed by atoms with Crippen molar-refractivity contribution in [2.75, 3.05) is 26.7 Å². The van der Waals surface area contributed by atoms with Crippen molar-refractivity contribution >= 4 is 29.9 Å². The average molecular weight is 509 g/mol. The van der Waals surface area contributed by atoms with E-state index in [-0.39, 0.29) is 30.1 Å². The Bertz CT molecular complexity index is 791. The Kier molecular flexibility index (Phi) is 7.70.